The van der Waals surface area contributed by atoms with Gasteiger partial charge in [-0.25, -0.2) is 0 Å². The summed E-state index contributed by atoms with van der Waals surface area (Å²) in [5, 5.41) is 2.95. The van der Waals surface area contributed by atoms with Gasteiger partial charge in [0.25, 0.3) is 0 Å². The Kier molecular flexibility index (Phi) is 6.26. The number of methoxy groups -OCH3 is 1. The molecule has 1 amide bonds. The molecule has 0 atom stereocenters. The molecule has 0 aliphatic carbocycles. The average Bonchev–Trinajstić information content (AvgIpc) is 2.66. The number of hydrogen-bond acceptors (Lipinski definition) is 4. The van der Waals surface area contributed by atoms with Gasteiger partial charge in [0, 0.05) is 38.4 Å². The zero-order chi connectivity index (χ0) is 18.4. The van der Waals surface area contributed by atoms with Crippen LogP contribution in [0.4, 0.5) is 5.69 Å². The lowest BCUT2D eigenvalue weighted by Crippen LogP contribution is -2.48. The van der Waals surface area contributed by atoms with Crippen LogP contribution in [0, 0.1) is 6.92 Å². The number of benzene rings is 2. The van der Waals surface area contributed by atoms with Crippen molar-refractivity contribution in [1.82, 2.24) is 9.80 Å². The van der Waals surface area contributed by atoms with Crippen LogP contribution in [0.15, 0.2) is 48.5 Å². The highest BCUT2D eigenvalue weighted by Gasteiger charge is 2.19. The summed E-state index contributed by atoms with van der Waals surface area (Å²) in [6.45, 7) is 7.40. The predicted octanol–water partition coefficient (Wildman–Crippen LogP) is 2.76. The van der Waals surface area contributed by atoms with E-state index in [0.717, 1.165) is 44.2 Å². The summed E-state index contributed by atoms with van der Waals surface area (Å²) in [6, 6.07) is 16.0. The maximum absolute atomic E-state index is 12.3. The average molecular weight is 353 g/mol. The molecule has 0 aromatic heterocycles. The number of carbonyl (C=O) groups excluding carboxylic acids is 1. The molecular formula is C21H27N3O2. The third-order valence-corrected chi connectivity index (χ3v) is 4.86. The number of amides is 1. The van der Waals surface area contributed by atoms with Crippen molar-refractivity contribution in [1.29, 1.82) is 0 Å². The number of rotatable bonds is 6. The van der Waals surface area contributed by atoms with Crippen molar-refractivity contribution in [3.05, 3.63) is 59.7 Å². The lowest BCUT2D eigenvalue weighted by atomic mass is 10.1. The number of ether oxygens (including phenoxy) is 1. The molecule has 2 aromatic rings. The zero-order valence-electron chi connectivity index (χ0n) is 15.6. The summed E-state index contributed by atoms with van der Waals surface area (Å²) >= 11 is 0. The van der Waals surface area contributed by atoms with Crippen molar-refractivity contribution in [3.63, 3.8) is 0 Å². The second kappa shape index (κ2) is 8.83. The largest absolute Gasteiger partial charge is 0.497 e. The second-order valence-corrected chi connectivity index (χ2v) is 6.76. The summed E-state index contributed by atoms with van der Waals surface area (Å²) in [4.78, 5) is 16.9. The Hall–Kier alpha value is -2.37. The Morgan fingerprint density at radius 1 is 1.00 bits per heavy atom. The van der Waals surface area contributed by atoms with Crippen molar-refractivity contribution in [2.24, 2.45) is 0 Å². The Morgan fingerprint density at radius 3 is 2.31 bits per heavy atom. The Balaban J connectivity index is 1.43. The van der Waals surface area contributed by atoms with Gasteiger partial charge < -0.3 is 10.1 Å². The molecule has 0 unspecified atom stereocenters. The van der Waals surface area contributed by atoms with E-state index >= 15 is 0 Å². The van der Waals surface area contributed by atoms with E-state index < -0.39 is 0 Å². The van der Waals surface area contributed by atoms with E-state index in [0.29, 0.717) is 6.54 Å². The number of anilines is 1. The lowest BCUT2D eigenvalue weighted by Gasteiger charge is -2.34. The first kappa shape index (κ1) is 18.4. The third-order valence-electron chi connectivity index (χ3n) is 4.86. The molecule has 1 N–H and O–H groups in total. The van der Waals surface area contributed by atoms with E-state index in [1.165, 1.54) is 11.1 Å². The number of nitrogens with zero attached hydrogens (tertiary/aromatic N) is 2. The van der Waals surface area contributed by atoms with Crippen molar-refractivity contribution in [3.8, 4) is 5.75 Å². The van der Waals surface area contributed by atoms with Gasteiger partial charge in [0.2, 0.25) is 5.91 Å². The maximum atomic E-state index is 12.3. The molecule has 1 aliphatic heterocycles. The molecule has 0 radical (unpaired) electrons. The first-order valence-electron chi connectivity index (χ1n) is 9.07. The van der Waals surface area contributed by atoms with Crippen LogP contribution in [-0.4, -0.2) is 55.5 Å². The number of aryl methyl sites for hydroxylation is 1. The monoisotopic (exact) mass is 353 g/mol. The molecule has 138 valence electrons. The Labute approximate surface area is 155 Å². The number of hydrogen-bond donors (Lipinski definition) is 1. The minimum absolute atomic E-state index is 0.0301. The molecule has 1 heterocycles. The molecule has 0 bridgehead atoms. The van der Waals surface area contributed by atoms with Gasteiger partial charge in [-0.05, 0) is 42.3 Å². The minimum atomic E-state index is 0.0301. The summed E-state index contributed by atoms with van der Waals surface area (Å²) in [5.41, 5.74) is 3.53. The summed E-state index contributed by atoms with van der Waals surface area (Å²) in [5.74, 6) is 0.815. The highest BCUT2D eigenvalue weighted by Crippen LogP contribution is 2.15. The molecular weight excluding hydrogens is 326 g/mol. The third kappa shape index (κ3) is 5.07. The maximum Gasteiger partial charge on any atom is 0.238 e. The van der Waals surface area contributed by atoms with Crippen molar-refractivity contribution >= 4 is 11.6 Å². The van der Waals surface area contributed by atoms with Gasteiger partial charge in [0.05, 0.1) is 13.7 Å². The van der Waals surface area contributed by atoms with Gasteiger partial charge in [0.15, 0.2) is 0 Å². The molecule has 0 spiro atoms. The smallest absolute Gasteiger partial charge is 0.238 e. The van der Waals surface area contributed by atoms with Gasteiger partial charge >= 0.3 is 0 Å². The van der Waals surface area contributed by atoms with Gasteiger partial charge in [-0.3, -0.25) is 14.6 Å². The topological polar surface area (TPSA) is 44.8 Å². The Bertz CT molecular complexity index is 722. The highest BCUT2D eigenvalue weighted by atomic mass is 16.5. The molecule has 5 nitrogen and oxygen atoms in total. The van der Waals surface area contributed by atoms with Gasteiger partial charge in [-0.15, -0.1) is 0 Å². The summed E-state index contributed by atoms with van der Waals surface area (Å²) < 4.78 is 5.13. The Morgan fingerprint density at radius 2 is 1.65 bits per heavy atom. The van der Waals surface area contributed by atoms with Crippen LogP contribution < -0.4 is 10.1 Å². The normalized spacial score (nSPS) is 15.6. The van der Waals surface area contributed by atoms with E-state index in [2.05, 4.69) is 46.3 Å². The molecule has 5 heteroatoms. The molecule has 2 aromatic carbocycles. The van der Waals surface area contributed by atoms with Crippen LogP contribution in [0.3, 0.4) is 0 Å². The molecule has 0 saturated carbocycles. The van der Waals surface area contributed by atoms with Crippen LogP contribution in [0.2, 0.25) is 0 Å². The van der Waals surface area contributed by atoms with Gasteiger partial charge in [-0.2, -0.15) is 0 Å². The van der Waals surface area contributed by atoms with E-state index in [1.54, 1.807) is 7.11 Å². The lowest BCUT2D eigenvalue weighted by molar-refractivity contribution is -0.117. The fourth-order valence-electron chi connectivity index (χ4n) is 3.21. The van der Waals surface area contributed by atoms with E-state index in [9.17, 15) is 4.79 Å². The quantitative estimate of drug-likeness (QED) is 0.867. The summed E-state index contributed by atoms with van der Waals surface area (Å²) in [7, 11) is 1.63. The van der Waals surface area contributed by atoms with Crippen LogP contribution >= 0.6 is 0 Å². The zero-order valence-corrected chi connectivity index (χ0v) is 15.6. The van der Waals surface area contributed by atoms with Crippen LogP contribution in [0.5, 0.6) is 5.75 Å². The molecule has 1 aliphatic rings. The van der Waals surface area contributed by atoms with Crippen molar-refractivity contribution in [2.75, 3.05) is 45.2 Å². The fourth-order valence-corrected chi connectivity index (χ4v) is 3.21. The number of carbonyl (C=O) groups is 1. The first-order chi connectivity index (χ1) is 12.6. The van der Waals surface area contributed by atoms with Crippen LogP contribution in [-0.2, 0) is 11.3 Å². The van der Waals surface area contributed by atoms with Gasteiger partial charge in [-0.1, -0.05) is 24.3 Å². The molecule has 1 fully saturated rings. The van der Waals surface area contributed by atoms with Crippen LogP contribution in [0.1, 0.15) is 11.1 Å². The molecule has 1 saturated heterocycles. The van der Waals surface area contributed by atoms with Crippen molar-refractivity contribution in [2.45, 2.75) is 13.5 Å². The summed E-state index contributed by atoms with van der Waals surface area (Å²) in [6.07, 6.45) is 0. The highest BCUT2D eigenvalue weighted by molar-refractivity contribution is 5.92. The van der Waals surface area contributed by atoms with Crippen LogP contribution in [0.25, 0.3) is 0 Å². The molecule has 26 heavy (non-hydrogen) atoms. The van der Waals surface area contributed by atoms with E-state index in [4.69, 9.17) is 4.74 Å². The first-order valence-corrected chi connectivity index (χ1v) is 9.07. The van der Waals surface area contributed by atoms with Crippen molar-refractivity contribution < 1.29 is 9.53 Å². The molecule has 3 rings (SSSR count). The standard InChI is InChI=1S/C21H27N3O2/c1-17-5-3-4-6-18(17)15-23-11-13-24(14-12-23)16-21(25)22-19-7-9-20(26-2)10-8-19/h3-10H,11-16H2,1-2H3,(H,22,25). The fraction of sp³-hybridized carbons (Fsp3) is 0.381. The van der Waals surface area contributed by atoms with E-state index in [-0.39, 0.29) is 5.91 Å². The predicted molar refractivity (Wildman–Crippen MR) is 105 cm³/mol. The number of nitrogens with one attached hydrogen (secondary N) is 1. The van der Waals surface area contributed by atoms with Gasteiger partial charge in [0.1, 0.15) is 5.75 Å². The SMILES string of the molecule is COc1ccc(NC(=O)CN2CCN(Cc3ccccc3C)CC2)cc1. The second-order valence-electron chi connectivity index (χ2n) is 6.76. The minimum Gasteiger partial charge on any atom is -0.497 e. The van der Waals surface area contributed by atoms with E-state index in [1.807, 2.05) is 24.3 Å². The number of piperazine rings is 1.